The molecule has 2 rings (SSSR count). The van der Waals surface area contributed by atoms with Gasteiger partial charge in [-0.25, -0.2) is 0 Å². The van der Waals surface area contributed by atoms with Crippen molar-refractivity contribution in [2.24, 2.45) is 11.7 Å². The van der Waals surface area contributed by atoms with E-state index in [4.69, 9.17) is 5.73 Å². The zero-order valence-electron chi connectivity index (χ0n) is 5.85. The second-order valence-corrected chi connectivity index (χ2v) is 3.75. The van der Waals surface area contributed by atoms with Crippen molar-refractivity contribution in [2.45, 2.75) is 31.3 Å². The minimum Gasteiger partial charge on any atom is -0.325 e. The van der Waals surface area contributed by atoms with E-state index < -0.39 is 0 Å². The first-order chi connectivity index (χ1) is 4.18. The highest BCUT2D eigenvalue weighted by atomic mass is 15.0. The van der Waals surface area contributed by atoms with Gasteiger partial charge in [-0.15, -0.1) is 0 Å². The topological polar surface area (TPSA) is 38.0 Å². The van der Waals surface area contributed by atoms with E-state index in [1.165, 1.54) is 12.8 Å². The third kappa shape index (κ3) is 0.700. The molecule has 2 nitrogen and oxygen atoms in total. The minimum atomic E-state index is 0.149. The summed E-state index contributed by atoms with van der Waals surface area (Å²) in [6, 6.07) is 0.741. The molecule has 1 aliphatic heterocycles. The lowest BCUT2D eigenvalue weighted by atomic mass is 9.89. The van der Waals surface area contributed by atoms with Crippen molar-refractivity contribution in [3.05, 3.63) is 0 Å². The van der Waals surface area contributed by atoms with Crippen LogP contribution in [0, 0.1) is 5.92 Å². The molecule has 2 heteroatoms. The Kier molecular flexibility index (Phi) is 0.945. The van der Waals surface area contributed by atoms with Crippen LogP contribution in [0.15, 0.2) is 0 Å². The second-order valence-electron chi connectivity index (χ2n) is 3.75. The van der Waals surface area contributed by atoms with Crippen LogP contribution in [0.5, 0.6) is 0 Å². The molecule has 0 aromatic rings. The predicted octanol–water partition coefficient (Wildman–Crippen LogP) is 0.0856. The van der Waals surface area contributed by atoms with Gasteiger partial charge in [-0.3, -0.25) is 0 Å². The quantitative estimate of drug-likeness (QED) is 0.482. The van der Waals surface area contributed by atoms with E-state index in [0.717, 1.165) is 18.5 Å². The van der Waals surface area contributed by atoms with E-state index in [9.17, 15) is 0 Å². The lowest BCUT2D eigenvalue weighted by Crippen LogP contribution is -2.48. The van der Waals surface area contributed by atoms with Gasteiger partial charge in [0.1, 0.15) is 0 Å². The predicted molar refractivity (Wildman–Crippen MR) is 37.1 cm³/mol. The molecule has 0 radical (unpaired) electrons. The first-order valence-electron chi connectivity index (χ1n) is 3.71. The number of piperidine rings is 1. The normalized spacial score (nSPS) is 56.7. The summed E-state index contributed by atoms with van der Waals surface area (Å²) in [6.45, 7) is 3.33. The van der Waals surface area contributed by atoms with Gasteiger partial charge < -0.3 is 11.1 Å². The summed E-state index contributed by atoms with van der Waals surface area (Å²) >= 11 is 0. The molecule has 0 amide bonds. The Morgan fingerprint density at radius 1 is 1.67 bits per heavy atom. The molecule has 52 valence electrons. The fourth-order valence-electron chi connectivity index (χ4n) is 2.17. The average molecular weight is 126 g/mol. The molecule has 3 atom stereocenters. The van der Waals surface area contributed by atoms with Crippen LogP contribution in [0.3, 0.4) is 0 Å². The van der Waals surface area contributed by atoms with Gasteiger partial charge in [-0.1, -0.05) is 0 Å². The maximum atomic E-state index is 6.02. The van der Waals surface area contributed by atoms with Crippen molar-refractivity contribution in [1.82, 2.24) is 5.32 Å². The van der Waals surface area contributed by atoms with E-state index in [0.29, 0.717) is 0 Å². The van der Waals surface area contributed by atoms with Gasteiger partial charge in [0, 0.05) is 18.1 Å². The Labute approximate surface area is 55.8 Å². The standard InChI is InChI=1S/C7H14N2/c1-7(8)3-6-2-5(7)4-9-6/h5-6,9H,2-4,8H2,1H3. The van der Waals surface area contributed by atoms with Gasteiger partial charge in [0.2, 0.25) is 0 Å². The summed E-state index contributed by atoms with van der Waals surface area (Å²) in [7, 11) is 0. The lowest BCUT2D eigenvalue weighted by molar-refractivity contribution is 0.313. The molecule has 2 fully saturated rings. The number of hydrogen-bond acceptors (Lipinski definition) is 2. The third-order valence-electron chi connectivity index (χ3n) is 2.84. The molecule has 1 aliphatic carbocycles. The van der Waals surface area contributed by atoms with Crippen molar-refractivity contribution in [2.75, 3.05) is 6.54 Å². The van der Waals surface area contributed by atoms with Crippen LogP contribution in [0.25, 0.3) is 0 Å². The highest BCUT2D eigenvalue weighted by molar-refractivity contribution is 5.05. The molecule has 0 spiro atoms. The van der Waals surface area contributed by atoms with Gasteiger partial charge in [0.25, 0.3) is 0 Å². The largest absolute Gasteiger partial charge is 0.325 e. The summed E-state index contributed by atoms with van der Waals surface area (Å²) in [4.78, 5) is 0. The molecule has 1 heterocycles. The summed E-state index contributed by atoms with van der Waals surface area (Å²) in [5, 5.41) is 3.43. The van der Waals surface area contributed by atoms with Gasteiger partial charge >= 0.3 is 0 Å². The first kappa shape index (κ1) is 5.69. The molecule has 3 unspecified atom stereocenters. The zero-order valence-corrected chi connectivity index (χ0v) is 5.85. The van der Waals surface area contributed by atoms with E-state index in [2.05, 4.69) is 12.2 Å². The molecule has 0 aromatic heterocycles. The molecule has 2 aliphatic rings. The monoisotopic (exact) mass is 126 g/mol. The smallest absolute Gasteiger partial charge is 0.0181 e. The molecule has 0 aromatic carbocycles. The van der Waals surface area contributed by atoms with Crippen LogP contribution in [0.4, 0.5) is 0 Å². The minimum absolute atomic E-state index is 0.149. The highest BCUT2D eigenvalue weighted by Crippen LogP contribution is 2.37. The number of rotatable bonds is 0. The molecule has 1 saturated heterocycles. The van der Waals surface area contributed by atoms with Crippen LogP contribution >= 0.6 is 0 Å². The Morgan fingerprint density at radius 2 is 2.44 bits per heavy atom. The molecule has 2 bridgehead atoms. The van der Waals surface area contributed by atoms with Crippen LogP contribution < -0.4 is 11.1 Å². The SMILES string of the molecule is CC1(N)CC2CC1CN2. The summed E-state index contributed by atoms with van der Waals surface area (Å²) in [5.41, 5.74) is 6.17. The highest BCUT2D eigenvalue weighted by Gasteiger charge is 2.45. The van der Waals surface area contributed by atoms with Crippen molar-refractivity contribution in [3.8, 4) is 0 Å². The van der Waals surface area contributed by atoms with Crippen LogP contribution in [0.1, 0.15) is 19.8 Å². The van der Waals surface area contributed by atoms with Gasteiger partial charge in [-0.2, -0.15) is 0 Å². The van der Waals surface area contributed by atoms with Crippen molar-refractivity contribution < 1.29 is 0 Å². The lowest BCUT2D eigenvalue weighted by Gasteiger charge is -2.29. The number of nitrogens with two attached hydrogens (primary N) is 1. The maximum Gasteiger partial charge on any atom is 0.0181 e. The zero-order chi connectivity index (χ0) is 6.48. The Balaban J connectivity index is 2.18. The maximum absolute atomic E-state index is 6.02. The van der Waals surface area contributed by atoms with E-state index in [-0.39, 0.29) is 5.54 Å². The molecule has 1 saturated carbocycles. The van der Waals surface area contributed by atoms with Gasteiger partial charge in [0.05, 0.1) is 0 Å². The van der Waals surface area contributed by atoms with Crippen molar-refractivity contribution in [1.29, 1.82) is 0 Å². The van der Waals surface area contributed by atoms with Crippen molar-refractivity contribution in [3.63, 3.8) is 0 Å². The number of fused-ring (bicyclic) bond motifs is 2. The fraction of sp³-hybridized carbons (Fsp3) is 1.00. The van der Waals surface area contributed by atoms with Crippen molar-refractivity contribution >= 4 is 0 Å². The van der Waals surface area contributed by atoms with Gasteiger partial charge in [-0.05, 0) is 25.7 Å². The summed E-state index contributed by atoms with van der Waals surface area (Å²) < 4.78 is 0. The van der Waals surface area contributed by atoms with E-state index in [1.54, 1.807) is 0 Å². The van der Waals surface area contributed by atoms with E-state index >= 15 is 0 Å². The molecule has 3 N–H and O–H groups in total. The molecule has 9 heavy (non-hydrogen) atoms. The Morgan fingerprint density at radius 3 is 2.67 bits per heavy atom. The average Bonchev–Trinajstić information content (AvgIpc) is 2.19. The second kappa shape index (κ2) is 1.50. The number of nitrogens with one attached hydrogen (secondary N) is 1. The Bertz CT molecular complexity index is 131. The fourth-order valence-corrected chi connectivity index (χ4v) is 2.17. The van der Waals surface area contributed by atoms with Gasteiger partial charge in [0.15, 0.2) is 0 Å². The Hall–Kier alpha value is -0.0800. The summed E-state index contributed by atoms with van der Waals surface area (Å²) in [6.07, 6.45) is 2.49. The van der Waals surface area contributed by atoms with Crippen LogP contribution in [-0.4, -0.2) is 18.1 Å². The number of hydrogen-bond donors (Lipinski definition) is 2. The van der Waals surface area contributed by atoms with Crippen LogP contribution in [0.2, 0.25) is 0 Å². The molecular weight excluding hydrogens is 112 g/mol. The third-order valence-corrected chi connectivity index (χ3v) is 2.84. The summed E-state index contributed by atoms with van der Waals surface area (Å²) in [5.74, 6) is 0.752. The first-order valence-corrected chi connectivity index (χ1v) is 3.71. The molecular formula is C7H14N2. The van der Waals surface area contributed by atoms with Crippen LogP contribution in [-0.2, 0) is 0 Å². The van der Waals surface area contributed by atoms with E-state index in [1.807, 2.05) is 0 Å².